The first-order valence-corrected chi connectivity index (χ1v) is 15.2. The molecule has 228 valence electrons. The number of hydrogen-bond acceptors (Lipinski definition) is 5. The number of aromatic nitrogens is 2. The molecule has 6 rings (SSSR count). The maximum Gasteiger partial charge on any atom is 0.416 e. The van der Waals surface area contributed by atoms with E-state index in [2.05, 4.69) is 25.8 Å². The molecule has 1 saturated heterocycles. The molecule has 0 radical (unpaired) electrons. The fourth-order valence-electron chi connectivity index (χ4n) is 6.15. The second kappa shape index (κ2) is 13.1. The predicted molar refractivity (Wildman–Crippen MR) is 164 cm³/mol. The molecule has 2 aliphatic heterocycles. The van der Waals surface area contributed by atoms with Gasteiger partial charge in [-0.3, -0.25) is 24.6 Å². The summed E-state index contributed by atoms with van der Waals surface area (Å²) in [5.74, 6) is -0.398. The van der Waals surface area contributed by atoms with Crippen molar-refractivity contribution in [3.8, 4) is 11.1 Å². The summed E-state index contributed by atoms with van der Waals surface area (Å²) >= 11 is 6.12. The van der Waals surface area contributed by atoms with Gasteiger partial charge >= 0.3 is 6.18 Å². The molecular weight excluding hydrogens is 587 g/mol. The quantitative estimate of drug-likeness (QED) is 0.245. The summed E-state index contributed by atoms with van der Waals surface area (Å²) in [6, 6.07) is 18.3. The first-order valence-electron chi connectivity index (χ1n) is 14.8. The van der Waals surface area contributed by atoms with Gasteiger partial charge in [0.15, 0.2) is 0 Å². The van der Waals surface area contributed by atoms with Crippen LogP contribution in [0.3, 0.4) is 0 Å². The van der Waals surface area contributed by atoms with Gasteiger partial charge in [0, 0.05) is 93.1 Å². The Morgan fingerprint density at radius 2 is 1.66 bits per heavy atom. The third-order valence-electron chi connectivity index (χ3n) is 8.51. The second-order valence-electron chi connectivity index (χ2n) is 11.5. The number of fused-ring (bicyclic) bond motifs is 1. The Hall–Kier alpha value is -3.79. The minimum atomic E-state index is -4.59. The van der Waals surface area contributed by atoms with Crippen molar-refractivity contribution in [2.24, 2.45) is 0 Å². The van der Waals surface area contributed by atoms with Crippen LogP contribution in [-0.2, 0) is 25.6 Å². The molecule has 6 nitrogen and oxygen atoms in total. The first kappa shape index (κ1) is 30.2. The fourth-order valence-corrected chi connectivity index (χ4v) is 6.27. The summed E-state index contributed by atoms with van der Waals surface area (Å²) in [4.78, 5) is 29.1. The van der Waals surface area contributed by atoms with Crippen LogP contribution in [-0.4, -0.2) is 75.9 Å². The van der Waals surface area contributed by atoms with Crippen molar-refractivity contribution in [3.63, 3.8) is 0 Å². The van der Waals surface area contributed by atoms with Crippen LogP contribution in [0.2, 0.25) is 5.02 Å². The lowest BCUT2D eigenvalue weighted by molar-refractivity contribution is -0.137. The van der Waals surface area contributed by atoms with Crippen LogP contribution in [0, 0.1) is 0 Å². The number of carbonyl (C=O) groups is 1. The number of halogens is 4. The Kier molecular flexibility index (Phi) is 8.98. The fraction of sp³-hybridized carbons (Fsp3) is 0.324. The van der Waals surface area contributed by atoms with Gasteiger partial charge in [0.25, 0.3) is 5.91 Å². The molecule has 0 bridgehead atoms. The number of nitrogens with zero attached hydrogens (tertiary/aromatic N) is 5. The van der Waals surface area contributed by atoms with E-state index in [4.69, 9.17) is 11.6 Å². The molecule has 10 heteroatoms. The molecule has 1 amide bonds. The van der Waals surface area contributed by atoms with Gasteiger partial charge in [0.2, 0.25) is 0 Å². The van der Waals surface area contributed by atoms with E-state index in [9.17, 15) is 18.0 Å². The summed E-state index contributed by atoms with van der Waals surface area (Å²) in [6.07, 6.45) is 1.80. The van der Waals surface area contributed by atoms with E-state index in [1.165, 1.54) is 23.7 Å². The van der Waals surface area contributed by atoms with Crippen LogP contribution in [0.25, 0.3) is 11.1 Å². The van der Waals surface area contributed by atoms with E-state index < -0.39 is 17.6 Å². The molecule has 4 aromatic rings. The molecule has 0 N–H and O–H groups in total. The van der Waals surface area contributed by atoms with Crippen molar-refractivity contribution in [3.05, 3.63) is 118 Å². The lowest BCUT2D eigenvalue weighted by atomic mass is 9.97. The van der Waals surface area contributed by atoms with Crippen LogP contribution in [0.4, 0.5) is 13.2 Å². The summed E-state index contributed by atoms with van der Waals surface area (Å²) in [5, 5.41) is 0.623. The molecule has 0 spiro atoms. The summed E-state index contributed by atoms with van der Waals surface area (Å²) < 4.78 is 41.9. The average molecular weight is 620 g/mol. The van der Waals surface area contributed by atoms with Crippen LogP contribution >= 0.6 is 11.6 Å². The first-order chi connectivity index (χ1) is 21.2. The summed E-state index contributed by atoms with van der Waals surface area (Å²) in [6.45, 7) is 5.23. The smallest absolute Gasteiger partial charge is 0.333 e. The number of hydrogen-bond donors (Lipinski definition) is 0. The Morgan fingerprint density at radius 1 is 0.886 bits per heavy atom. The van der Waals surface area contributed by atoms with Crippen LogP contribution in [0.1, 0.15) is 32.7 Å². The highest BCUT2D eigenvalue weighted by Crippen LogP contribution is 2.34. The van der Waals surface area contributed by atoms with E-state index in [0.29, 0.717) is 42.2 Å². The van der Waals surface area contributed by atoms with Crippen molar-refractivity contribution < 1.29 is 18.0 Å². The Labute approximate surface area is 260 Å². The summed E-state index contributed by atoms with van der Waals surface area (Å²) in [7, 11) is 0. The van der Waals surface area contributed by atoms with Gasteiger partial charge < -0.3 is 4.90 Å². The van der Waals surface area contributed by atoms with Crippen molar-refractivity contribution in [1.82, 2.24) is 24.7 Å². The van der Waals surface area contributed by atoms with Crippen LogP contribution < -0.4 is 0 Å². The SMILES string of the molecule is O=C(c1cc(-c2ccncc2)cc(C(F)(F)F)c1)N1CCN(CCN2CCc3ncccc3C2)C[C@H]1Cc1ccc(Cl)cc1. The third-order valence-corrected chi connectivity index (χ3v) is 8.76. The number of pyridine rings is 2. The molecule has 1 atom stereocenters. The number of alkyl halides is 3. The van der Waals surface area contributed by atoms with Crippen molar-refractivity contribution in [1.29, 1.82) is 0 Å². The van der Waals surface area contributed by atoms with Gasteiger partial charge in [-0.2, -0.15) is 13.2 Å². The molecule has 4 heterocycles. The number of piperazine rings is 1. The topological polar surface area (TPSA) is 52.6 Å². The molecule has 1 fully saturated rings. The zero-order chi connectivity index (χ0) is 30.7. The third kappa shape index (κ3) is 7.12. The van der Waals surface area contributed by atoms with Crippen LogP contribution in [0.15, 0.2) is 85.3 Å². The van der Waals surface area contributed by atoms with E-state index >= 15 is 0 Å². The minimum Gasteiger partial charge on any atom is -0.333 e. The molecule has 2 aromatic heterocycles. The van der Waals surface area contributed by atoms with Gasteiger partial charge in [0.05, 0.1) is 5.56 Å². The highest BCUT2D eigenvalue weighted by molar-refractivity contribution is 6.30. The molecule has 0 unspecified atom stereocenters. The molecule has 2 aromatic carbocycles. The van der Waals surface area contributed by atoms with Gasteiger partial charge in [-0.1, -0.05) is 29.8 Å². The largest absolute Gasteiger partial charge is 0.416 e. The molecular formula is C34H33ClF3N5O. The van der Waals surface area contributed by atoms with E-state index in [1.54, 1.807) is 23.1 Å². The average Bonchev–Trinajstić information content (AvgIpc) is 3.04. The second-order valence-corrected chi connectivity index (χ2v) is 11.9. The normalized spacial score (nSPS) is 17.8. The Morgan fingerprint density at radius 3 is 2.43 bits per heavy atom. The predicted octanol–water partition coefficient (Wildman–Crippen LogP) is 6.24. The zero-order valence-corrected chi connectivity index (χ0v) is 24.9. The molecule has 0 saturated carbocycles. The number of carbonyl (C=O) groups excluding carboxylic acids is 1. The van der Waals surface area contributed by atoms with Gasteiger partial charge in [-0.15, -0.1) is 0 Å². The Balaban J connectivity index is 1.22. The maximum atomic E-state index is 14.0. The van der Waals surface area contributed by atoms with Crippen molar-refractivity contribution in [2.45, 2.75) is 31.6 Å². The van der Waals surface area contributed by atoms with Gasteiger partial charge in [-0.25, -0.2) is 0 Å². The standard InChI is InChI=1S/C34H33ClF3N5O/c35-30-5-3-24(4-6-30)18-31-23-42(15-14-41-13-9-32-26(22-41)2-1-10-40-32)16-17-43(31)33(44)28-19-27(25-7-11-39-12-8-25)20-29(21-28)34(36,37)38/h1-8,10-12,19-21,31H,9,13-18,22-23H2/t31-/m1/s1. The Bertz CT molecular complexity index is 1600. The molecule has 44 heavy (non-hydrogen) atoms. The van der Waals surface area contributed by atoms with E-state index in [0.717, 1.165) is 50.3 Å². The lowest BCUT2D eigenvalue weighted by Gasteiger charge is -2.42. The zero-order valence-electron chi connectivity index (χ0n) is 24.2. The van der Waals surface area contributed by atoms with Gasteiger partial charge in [0.1, 0.15) is 0 Å². The number of amides is 1. The van der Waals surface area contributed by atoms with Gasteiger partial charge in [-0.05, 0) is 77.2 Å². The highest BCUT2D eigenvalue weighted by Gasteiger charge is 2.35. The molecule has 2 aliphatic rings. The number of rotatable bonds is 7. The lowest BCUT2D eigenvalue weighted by Crippen LogP contribution is -2.57. The minimum absolute atomic E-state index is 0.0294. The van der Waals surface area contributed by atoms with E-state index in [1.807, 2.05) is 36.5 Å². The summed E-state index contributed by atoms with van der Waals surface area (Å²) in [5.41, 5.74) is 3.53. The highest BCUT2D eigenvalue weighted by atomic mass is 35.5. The van der Waals surface area contributed by atoms with Crippen LogP contribution in [0.5, 0.6) is 0 Å². The van der Waals surface area contributed by atoms with Crippen molar-refractivity contribution >= 4 is 17.5 Å². The maximum absolute atomic E-state index is 14.0. The molecule has 0 aliphatic carbocycles. The monoisotopic (exact) mass is 619 g/mol. The number of benzene rings is 2. The van der Waals surface area contributed by atoms with Crippen molar-refractivity contribution in [2.75, 3.05) is 39.3 Å². The van der Waals surface area contributed by atoms with E-state index in [-0.39, 0.29) is 11.6 Å².